The van der Waals surface area contributed by atoms with Gasteiger partial charge in [-0.15, -0.1) is 11.3 Å². The number of hydrogen-bond donors (Lipinski definition) is 1. The van der Waals surface area contributed by atoms with Crippen LogP contribution in [0, 0.1) is 0 Å². The van der Waals surface area contributed by atoms with E-state index in [0.29, 0.717) is 12.5 Å². The molecule has 1 aromatic rings. The first kappa shape index (κ1) is 14.6. The van der Waals surface area contributed by atoms with Crippen molar-refractivity contribution in [1.29, 1.82) is 0 Å². The van der Waals surface area contributed by atoms with Crippen LogP contribution in [0.15, 0.2) is 5.38 Å². The number of nitrogens with one attached hydrogen (secondary N) is 1. The van der Waals surface area contributed by atoms with Crippen molar-refractivity contribution in [3.8, 4) is 0 Å². The second-order valence-electron chi connectivity index (χ2n) is 3.84. The Kier molecular flexibility index (Phi) is 7.40. The van der Waals surface area contributed by atoms with Crippen LogP contribution in [0.5, 0.6) is 0 Å². The Morgan fingerprint density at radius 1 is 1.41 bits per heavy atom. The lowest BCUT2D eigenvalue weighted by Crippen LogP contribution is -2.26. The third-order valence-corrected chi connectivity index (χ3v) is 3.77. The fraction of sp³-hybridized carbons (Fsp3) is 0.769. The van der Waals surface area contributed by atoms with Crippen molar-refractivity contribution in [1.82, 2.24) is 10.3 Å². The minimum atomic E-state index is 0.665. The van der Waals surface area contributed by atoms with Crippen molar-refractivity contribution in [2.75, 3.05) is 19.7 Å². The normalized spacial score (nSPS) is 16.4. The summed E-state index contributed by atoms with van der Waals surface area (Å²) in [5, 5.41) is 6.81. The van der Waals surface area contributed by atoms with E-state index in [-0.39, 0.29) is 0 Å². The third-order valence-electron chi connectivity index (χ3n) is 2.71. The Balaban J connectivity index is 0.000000686. The Bertz CT molecular complexity index is 295. The molecule has 0 aliphatic carbocycles. The molecule has 1 saturated heterocycles. The molecule has 1 aliphatic rings. The van der Waals surface area contributed by atoms with E-state index in [1.54, 1.807) is 11.3 Å². The summed E-state index contributed by atoms with van der Waals surface area (Å²) in [5.41, 5.74) is 1.09. The van der Waals surface area contributed by atoms with Gasteiger partial charge in [0.2, 0.25) is 0 Å². The predicted molar refractivity (Wildman–Crippen MR) is 73.6 cm³/mol. The van der Waals surface area contributed by atoms with Crippen LogP contribution in [0.3, 0.4) is 0 Å². The van der Waals surface area contributed by atoms with Gasteiger partial charge in [-0.25, -0.2) is 4.98 Å². The van der Waals surface area contributed by atoms with Gasteiger partial charge in [0.05, 0.1) is 17.3 Å². The van der Waals surface area contributed by atoms with Crippen LogP contribution in [0.25, 0.3) is 0 Å². The Morgan fingerprint density at radius 2 is 2.12 bits per heavy atom. The lowest BCUT2D eigenvalue weighted by Gasteiger charge is -2.20. The summed E-state index contributed by atoms with van der Waals surface area (Å²) in [4.78, 5) is 4.64. The summed E-state index contributed by atoms with van der Waals surface area (Å²) in [6.45, 7) is 9.70. The molecule has 3 nitrogen and oxygen atoms in total. The second-order valence-corrected chi connectivity index (χ2v) is 4.73. The van der Waals surface area contributed by atoms with Crippen molar-refractivity contribution in [2.24, 2.45) is 0 Å². The molecule has 2 rings (SSSR count). The number of rotatable bonds is 4. The van der Waals surface area contributed by atoms with Crippen LogP contribution in [0.2, 0.25) is 0 Å². The summed E-state index contributed by atoms with van der Waals surface area (Å²) in [5.74, 6) is 0.673. The number of ether oxygens (including phenoxy) is 1. The van der Waals surface area contributed by atoms with Crippen molar-refractivity contribution < 1.29 is 4.74 Å². The van der Waals surface area contributed by atoms with Gasteiger partial charge in [-0.2, -0.15) is 0 Å². The fourth-order valence-electron chi connectivity index (χ4n) is 1.85. The van der Waals surface area contributed by atoms with E-state index in [1.165, 1.54) is 17.8 Å². The van der Waals surface area contributed by atoms with Gasteiger partial charge in [0.25, 0.3) is 0 Å². The number of piperidine rings is 1. The molecular weight excluding hydrogens is 232 g/mol. The molecule has 0 radical (unpaired) electrons. The van der Waals surface area contributed by atoms with Crippen LogP contribution >= 0.6 is 11.3 Å². The highest BCUT2D eigenvalue weighted by molar-refractivity contribution is 7.09. The monoisotopic (exact) mass is 256 g/mol. The highest BCUT2D eigenvalue weighted by Crippen LogP contribution is 2.27. The maximum atomic E-state index is 5.35. The van der Waals surface area contributed by atoms with Gasteiger partial charge < -0.3 is 10.1 Å². The van der Waals surface area contributed by atoms with Crippen molar-refractivity contribution >= 4 is 11.3 Å². The molecule has 0 amide bonds. The van der Waals surface area contributed by atoms with Gasteiger partial charge in [0.15, 0.2) is 0 Å². The third kappa shape index (κ3) is 4.74. The Morgan fingerprint density at radius 3 is 2.76 bits per heavy atom. The fourth-order valence-corrected chi connectivity index (χ4v) is 2.83. The zero-order valence-corrected chi connectivity index (χ0v) is 12.0. The molecule has 0 spiro atoms. The maximum absolute atomic E-state index is 5.35. The highest BCUT2D eigenvalue weighted by atomic mass is 32.1. The minimum Gasteiger partial charge on any atom is -0.375 e. The van der Waals surface area contributed by atoms with Gasteiger partial charge in [-0.1, -0.05) is 13.8 Å². The van der Waals surface area contributed by atoms with Crippen molar-refractivity contribution in [3.63, 3.8) is 0 Å². The standard InChI is InChI=1S/C11H18N2OS.C2H6/c1-2-14-7-10-8-15-11(13-10)9-3-5-12-6-4-9;1-2/h8-9,12H,2-7H2,1H3;1-2H3. The second kappa shape index (κ2) is 8.61. The van der Waals surface area contributed by atoms with Gasteiger partial charge in [0, 0.05) is 17.9 Å². The molecule has 0 atom stereocenters. The average molecular weight is 256 g/mol. The van der Waals surface area contributed by atoms with Gasteiger partial charge >= 0.3 is 0 Å². The van der Waals surface area contributed by atoms with Crippen molar-refractivity contribution in [3.05, 3.63) is 16.1 Å². The summed E-state index contributed by atoms with van der Waals surface area (Å²) in [6, 6.07) is 0. The van der Waals surface area contributed by atoms with Gasteiger partial charge in [-0.3, -0.25) is 0 Å². The zero-order valence-electron chi connectivity index (χ0n) is 11.2. The number of aromatic nitrogens is 1. The molecule has 2 heterocycles. The molecule has 0 bridgehead atoms. The zero-order chi connectivity index (χ0) is 12.5. The largest absolute Gasteiger partial charge is 0.375 e. The molecule has 1 aliphatic heterocycles. The predicted octanol–water partition coefficient (Wildman–Crippen LogP) is 3.17. The minimum absolute atomic E-state index is 0.665. The van der Waals surface area contributed by atoms with Gasteiger partial charge in [-0.05, 0) is 32.9 Å². The van der Waals surface area contributed by atoms with E-state index < -0.39 is 0 Å². The SMILES string of the molecule is CC.CCOCc1csc(C2CCNCC2)n1. The van der Waals surface area contributed by atoms with Crippen LogP contribution in [-0.4, -0.2) is 24.7 Å². The van der Waals surface area contributed by atoms with Gasteiger partial charge in [0.1, 0.15) is 0 Å². The molecular formula is C13H24N2OS. The molecule has 98 valence electrons. The topological polar surface area (TPSA) is 34.1 Å². The van der Waals surface area contributed by atoms with Crippen LogP contribution in [-0.2, 0) is 11.3 Å². The molecule has 1 fully saturated rings. The van der Waals surface area contributed by atoms with E-state index in [9.17, 15) is 0 Å². The van der Waals surface area contributed by atoms with E-state index in [4.69, 9.17) is 4.74 Å². The number of hydrogen-bond acceptors (Lipinski definition) is 4. The molecule has 0 aromatic carbocycles. The first-order valence-electron chi connectivity index (χ1n) is 6.63. The van der Waals surface area contributed by atoms with Crippen molar-refractivity contribution in [2.45, 2.75) is 46.1 Å². The van der Waals surface area contributed by atoms with E-state index >= 15 is 0 Å². The number of nitrogens with zero attached hydrogens (tertiary/aromatic N) is 1. The Labute approximate surface area is 109 Å². The van der Waals surface area contributed by atoms with E-state index in [1.807, 2.05) is 20.8 Å². The summed E-state index contributed by atoms with van der Waals surface area (Å²) in [7, 11) is 0. The Hall–Kier alpha value is -0.450. The quantitative estimate of drug-likeness (QED) is 0.898. The molecule has 1 N–H and O–H groups in total. The number of thiazole rings is 1. The van der Waals surface area contributed by atoms with E-state index in [2.05, 4.69) is 15.7 Å². The first-order chi connectivity index (χ1) is 8.40. The average Bonchev–Trinajstić information content (AvgIpc) is 2.88. The first-order valence-corrected chi connectivity index (χ1v) is 7.51. The van der Waals surface area contributed by atoms with E-state index in [0.717, 1.165) is 25.4 Å². The molecule has 0 saturated carbocycles. The molecule has 0 unspecified atom stereocenters. The molecule has 4 heteroatoms. The lowest BCUT2D eigenvalue weighted by molar-refractivity contribution is 0.131. The lowest BCUT2D eigenvalue weighted by atomic mass is 9.99. The van der Waals surface area contributed by atoms with Crippen LogP contribution < -0.4 is 5.32 Å². The molecule has 17 heavy (non-hydrogen) atoms. The maximum Gasteiger partial charge on any atom is 0.0961 e. The summed E-state index contributed by atoms with van der Waals surface area (Å²) >= 11 is 1.79. The summed E-state index contributed by atoms with van der Waals surface area (Å²) in [6.07, 6.45) is 2.45. The van der Waals surface area contributed by atoms with Crippen LogP contribution in [0.1, 0.15) is 50.2 Å². The smallest absolute Gasteiger partial charge is 0.0961 e. The summed E-state index contributed by atoms with van der Waals surface area (Å²) < 4.78 is 5.35. The molecule has 1 aromatic heterocycles. The van der Waals surface area contributed by atoms with Crippen LogP contribution in [0.4, 0.5) is 0 Å². The highest BCUT2D eigenvalue weighted by Gasteiger charge is 2.18.